The van der Waals surface area contributed by atoms with E-state index < -0.39 is 5.82 Å². The fourth-order valence-electron chi connectivity index (χ4n) is 2.73. The maximum Gasteiger partial charge on any atom is 0.170 e. The van der Waals surface area contributed by atoms with Gasteiger partial charge in [0.15, 0.2) is 5.78 Å². The largest absolute Gasteiger partial charge is 0.294 e. The SMILES string of the molecule is O=C(Cc1ccc2c(c1)CCC2)c1cc(Cl)ccc1F. The van der Waals surface area contributed by atoms with E-state index in [0.717, 1.165) is 18.4 Å². The molecular weight excluding hydrogens is 275 g/mol. The van der Waals surface area contributed by atoms with Crippen LogP contribution in [0.2, 0.25) is 5.02 Å². The molecule has 0 fully saturated rings. The first kappa shape index (κ1) is 13.3. The molecule has 102 valence electrons. The van der Waals surface area contributed by atoms with Gasteiger partial charge in [-0.25, -0.2) is 4.39 Å². The van der Waals surface area contributed by atoms with Gasteiger partial charge in [0, 0.05) is 11.4 Å². The highest BCUT2D eigenvalue weighted by molar-refractivity contribution is 6.31. The van der Waals surface area contributed by atoms with Gasteiger partial charge >= 0.3 is 0 Å². The Kier molecular flexibility index (Phi) is 3.58. The lowest BCUT2D eigenvalue weighted by Gasteiger charge is -2.06. The number of rotatable bonds is 3. The van der Waals surface area contributed by atoms with Crippen molar-refractivity contribution in [1.82, 2.24) is 0 Å². The summed E-state index contributed by atoms with van der Waals surface area (Å²) in [6.07, 6.45) is 3.58. The highest BCUT2D eigenvalue weighted by Gasteiger charge is 2.15. The average molecular weight is 289 g/mol. The molecule has 0 unspecified atom stereocenters. The zero-order valence-corrected chi connectivity index (χ0v) is 11.7. The van der Waals surface area contributed by atoms with Crippen molar-refractivity contribution in [1.29, 1.82) is 0 Å². The van der Waals surface area contributed by atoms with Crippen LogP contribution in [-0.2, 0) is 19.3 Å². The van der Waals surface area contributed by atoms with Crippen molar-refractivity contribution in [2.24, 2.45) is 0 Å². The summed E-state index contributed by atoms with van der Waals surface area (Å²) in [6, 6.07) is 10.2. The Morgan fingerprint density at radius 1 is 1.10 bits per heavy atom. The number of benzene rings is 2. The van der Waals surface area contributed by atoms with E-state index in [4.69, 9.17) is 11.6 Å². The molecule has 1 aliphatic rings. The third-order valence-electron chi connectivity index (χ3n) is 3.76. The molecule has 0 aromatic heterocycles. The van der Waals surface area contributed by atoms with Crippen LogP contribution in [0.3, 0.4) is 0 Å². The summed E-state index contributed by atoms with van der Waals surface area (Å²) < 4.78 is 13.7. The Morgan fingerprint density at radius 3 is 2.75 bits per heavy atom. The quantitative estimate of drug-likeness (QED) is 0.766. The molecule has 20 heavy (non-hydrogen) atoms. The van der Waals surface area contributed by atoms with E-state index in [9.17, 15) is 9.18 Å². The van der Waals surface area contributed by atoms with Crippen LogP contribution < -0.4 is 0 Å². The van der Waals surface area contributed by atoms with E-state index in [2.05, 4.69) is 12.1 Å². The molecular formula is C17H14ClFO. The van der Waals surface area contributed by atoms with Gasteiger partial charge in [-0.2, -0.15) is 0 Å². The van der Waals surface area contributed by atoms with E-state index in [1.54, 1.807) is 0 Å². The van der Waals surface area contributed by atoms with E-state index in [1.807, 2.05) is 6.07 Å². The van der Waals surface area contributed by atoms with Crippen LogP contribution in [0.4, 0.5) is 4.39 Å². The first-order valence-corrected chi connectivity index (χ1v) is 7.10. The molecule has 0 heterocycles. The molecule has 0 amide bonds. The van der Waals surface area contributed by atoms with E-state index >= 15 is 0 Å². The zero-order valence-electron chi connectivity index (χ0n) is 11.0. The van der Waals surface area contributed by atoms with Gasteiger partial charge in [0.1, 0.15) is 5.82 Å². The lowest BCUT2D eigenvalue weighted by atomic mass is 9.99. The van der Waals surface area contributed by atoms with Crippen molar-refractivity contribution >= 4 is 17.4 Å². The molecule has 3 heteroatoms. The summed E-state index contributed by atoms with van der Waals surface area (Å²) in [5.74, 6) is -0.747. The molecule has 0 radical (unpaired) electrons. The van der Waals surface area contributed by atoms with Gasteiger partial charge in [-0.15, -0.1) is 0 Å². The zero-order chi connectivity index (χ0) is 14.1. The number of halogens is 2. The lowest BCUT2D eigenvalue weighted by Crippen LogP contribution is -2.06. The second-order valence-corrected chi connectivity index (χ2v) is 5.62. The normalized spacial score (nSPS) is 13.3. The molecule has 3 rings (SSSR count). The molecule has 0 bridgehead atoms. The van der Waals surface area contributed by atoms with E-state index in [1.165, 1.54) is 35.7 Å². The first-order chi connectivity index (χ1) is 9.63. The van der Waals surface area contributed by atoms with Crippen LogP contribution in [-0.4, -0.2) is 5.78 Å². The predicted molar refractivity (Wildman–Crippen MR) is 77.9 cm³/mol. The Bertz CT molecular complexity index is 679. The number of hydrogen-bond donors (Lipinski definition) is 0. The fourth-order valence-corrected chi connectivity index (χ4v) is 2.90. The third-order valence-corrected chi connectivity index (χ3v) is 3.99. The van der Waals surface area contributed by atoms with Crippen molar-refractivity contribution < 1.29 is 9.18 Å². The molecule has 2 aromatic carbocycles. The number of Topliss-reactive ketones (excluding diaryl/α,β-unsaturated/α-hetero) is 1. The number of fused-ring (bicyclic) bond motifs is 1. The smallest absolute Gasteiger partial charge is 0.170 e. The summed E-state index contributed by atoms with van der Waals surface area (Å²) in [4.78, 5) is 12.2. The van der Waals surface area contributed by atoms with Gasteiger partial charge in [0.2, 0.25) is 0 Å². The molecule has 2 aromatic rings. The van der Waals surface area contributed by atoms with Crippen LogP contribution in [0.15, 0.2) is 36.4 Å². The number of hydrogen-bond acceptors (Lipinski definition) is 1. The van der Waals surface area contributed by atoms with Gasteiger partial charge in [0.25, 0.3) is 0 Å². The summed E-state index contributed by atoms with van der Waals surface area (Å²) in [5.41, 5.74) is 3.70. The summed E-state index contributed by atoms with van der Waals surface area (Å²) >= 11 is 5.82. The summed E-state index contributed by atoms with van der Waals surface area (Å²) in [6.45, 7) is 0. The van der Waals surface area contributed by atoms with Gasteiger partial charge in [-0.05, 0) is 54.2 Å². The van der Waals surface area contributed by atoms with Crippen LogP contribution in [0, 0.1) is 5.82 Å². The molecule has 0 atom stereocenters. The number of aryl methyl sites for hydroxylation is 2. The topological polar surface area (TPSA) is 17.1 Å². The van der Waals surface area contributed by atoms with E-state index in [0.29, 0.717) is 5.02 Å². The molecule has 1 aliphatic carbocycles. The Morgan fingerprint density at radius 2 is 1.90 bits per heavy atom. The van der Waals surface area contributed by atoms with Crippen molar-refractivity contribution in [3.05, 3.63) is 69.5 Å². The molecule has 1 nitrogen and oxygen atoms in total. The predicted octanol–water partition coefficient (Wildman–Crippen LogP) is 4.39. The highest BCUT2D eigenvalue weighted by Crippen LogP contribution is 2.24. The monoisotopic (exact) mass is 288 g/mol. The van der Waals surface area contributed by atoms with Crippen LogP contribution in [0.5, 0.6) is 0 Å². The number of carbonyl (C=O) groups excluding carboxylic acids is 1. The van der Waals surface area contributed by atoms with Crippen molar-refractivity contribution in [2.75, 3.05) is 0 Å². The van der Waals surface area contributed by atoms with Gasteiger partial charge in [-0.1, -0.05) is 29.8 Å². The van der Waals surface area contributed by atoms with Crippen LogP contribution in [0.1, 0.15) is 33.5 Å². The fraction of sp³-hybridized carbons (Fsp3) is 0.235. The van der Waals surface area contributed by atoms with E-state index in [-0.39, 0.29) is 17.8 Å². The standard InChI is InChI=1S/C17H14ClFO/c18-14-6-7-16(19)15(10-14)17(20)9-11-4-5-12-2-1-3-13(12)8-11/h4-8,10H,1-3,9H2. The minimum Gasteiger partial charge on any atom is -0.294 e. The first-order valence-electron chi connectivity index (χ1n) is 6.72. The Hall–Kier alpha value is -1.67. The minimum absolute atomic E-state index is 0.0676. The average Bonchev–Trinajstić information content (AvgIpc) is 2.89. The Labute approximate surface area is 122 Å². The maximum absolute atomic E-state index is 13.7. The Balaban J connectivity index is 1.84. The third kappa shape index (κ3) is 2.61. The van der Waals surface area contributed by atoms with Crippen molar-refractivity contribution in [3.63, 3.8) is 0 Å². The lowest BCUT2D eigenvalue weighted by molar-refractivity contribution is 0.0989. The van der Waals surface area contributed by atoms with Crippen LogP contribution >= 0.6 is 11.6 Å². The molecule has 0 saturated carbocycles. The van der Waals surface area contributed by atoms with Crippen molar-refractivity contribution in [2.45, 2.75) is 25.7 Å². The molecule has 0 saturated heterocycles. The number of ketones is 1. The van der Waals surface area contributed by atoms with Crippen LogP contribution in [0.25, 0.3) is 0 Å². The van der Waals surface area contributed by atoms with Gasteiger partial charge in [0.05, 0.1) is 5.56 Å². The van der Waals surface area contributed by atoms with Crippen molar-refractivity contribution in [3.8, 4) is 0 Å². The minimum atomic E-state index is -0.513. The molecule has 0 spiro atoms. The highest BCUT2D eigenvalue weighted by atomic mass is 35.5. The second-order valence-electron chi connectivity index (χ2n) is 5.18. The summed E-state index contributed by atoms with van der Waals surface area (Å²) in [7, 11) is 0. The summed E-state index contributed by atoms with van der Waals surface area (Å²) in [5, 5.41) is 0.378. The number of carbonyl (C=O) groups is 1. The molecule has 0 N–H and O–H groups in total. The van der Waals surface area contributed by atoms with Gasteiger partial charge in [-0.3, -0.25) is 4.79 Å². The second kappa shape index (κ2) is 5.37. The van der Waals surface area contributed by atoms with Gasteiger partial charge < -0.3 is 0 Å². The maximum atomic E-state index is 13.7. The molecule has 0 aliphatic heterocycles.